The number of guanidine groups is 1. The molecule has 13 heavy (non-hydrogen) atoms. The van der Waals surface area contributed by atoms with Crippen LogP contribution < -0.4 is 17.2 Å². The van der Waals surface area contributed by atoms with Gasteiger partial charge in [0, 0.05) is 6.54 Å². The highest BCUT2D eigenvalue weighted by atomic mass is 16.5. The molecule has 7 N–H and O–H groups in total. The summed E-state index contributed by atoms with van der Waals surface area (Å²) in [5, 5.41) is 8.43. The number of rotatable bonds is 6. The molecule has 0 amide bonds. The molecule has 0 aromatic heterocycles. The summed E-state index contributed by atoms with van der Waals surface area (Å²) in [5.41, 5.74) is 15.5. The lowest BCUT2D eigenvalue weighted by Gasteiger charge is -2.04. The molecule has 0 aromatic carbocycles. The van der Waals surface area contributed by atoms with Crippen molar-refractivity contribution in [3.8, 4) is 0 Å². The quantitative estimate of drug-likeness (QED) is 0.141. The minimum absolute atomic E-state index is 0.0579. The monoisotopic (exact) mass is 199 g/mol. The summed E-state index contributed by atoms with van der Waals surface area (Å²) in [6, 6.07) is -0.779. The number of carboxylic acid groups (broad SMARTS) is 1. The Balaban J connectivity index is 3.36. The fourth-order valence-electron chi connectivity index (χ4n) is 0.808. The van der Waals surface area contributed by atoms with Crippen LogP contribution in [0.15, 0.2) is 4.99 Å². The van der Waals surface area contributed by atoms with Crippen molar-refractivity contribution in [2.24, 2.45) is 22.2 Å². The Morgan fingerprint density at radius 3 is 2.46 bits per heavy atom. The van der Waals surface area contributed by atoms with Crippen LogP contribution in [0.3, 0.4) is 0 Å². The summed E-state index contributed by atoms with van der Waals surface area (Å²) >= 11 is 0. The largest absolute Gasteiger partial charge is 0.480 e. The van der Waals surface area contributed by atoms with Crippen molar-refractivity contribution in [1.82, 2.24) is 0 Å². The van der Waals surface area contributed by atoms with Gasteiger partial charge in [-0.3, -0.25) is 9.79 Å². The summed E-state index contributed by atoms with van der Waals surface area (Å²) in [7, 11) is 0. The molecule has 0 fully saturated rings. The molecule has 76 valence electrons. The third-order valence-electron chi connectivity index (χ3n) is 1.53. The molecule has 0 bridgehead atoms. The van der Waals surface area contributed by atoms with E-state index in [-0.39, 0.29) is 5.96 Å². The van der Waals surface area contributed by atoms with Crippen LogP contribution in [-0.4, -0.2) is 29.6 Å². The second-order valence-electron chi connectivity index (χ2n) is 2.75. The van der Waals surface area contributed by atoms with Gasteiger partial charge in [0.2, 0.25) is 0 Å². The number of aliphatic carboxylic acids is 1. The average Bonchev–Trinajstić information content (AvgIpc) is 2.02. The van der Waals surface area contributed by atoms with Crippen LogP contribution in [0.25, 0.3) is 0 Å². The Hall–Kier alpha value is -1.30. The van der Waals surface area contributed by atoms with E-state index >= 15 is 0 Å². The maximum absolute atomic E-state index is 10.3. The Morgan fingerprint density at radius 1 is 1.38 bits per heavy atom. The molecule has 0 rings (SSSR count). The van der Waals surface area contributed by atoms with Crippen LogP contribution in [-0.2, 0) is 4.79 Å². The van der Waals surface area contributed by atoms with Gasteiger partial charge < -0.3 is 22.3 Å². The van der Waals surface area contributed by atoms with Crippen molar-refractivity contribution < 1.29 is 9.90 Å². The molecule has 1 atom stereocenters. The molecule has 0 unspecified atom stereocenters. The van der Waals surface area contributed by atoms with E-state index in [2.05, 4.69) is 4.99 Å². The van der Waals surface area contributed by atoms with E-state index in [4.69, 9.17) is 22.3 Å². The van der Waals surface area contributed by atoms with Gasteiger partial charge in [0.15, 0.2) is 5.96 Å². The number of aliphatic imine (C=N–C) groups is 1. The third-order valence-corrected chi connectivity index (χ3v) is 1.53. The zero-order chi connectivity index (χ0) is 10.3. The number of nitrogens with two attached hydrogens (primary N) is 3. The van der Waals surface area contributed by atoms with Crippen molar-refractivity contribution >= 4 is 11.9 Å². The molecule has 0 aromatic rings. The first kappa shape index (κ1) is 11.7. The van der Waals surface area contributed by atoms with Gasteiger partial charge in [0.1, 0.15) is 6.04 Å². The lowest BCUT2D eigenvalue weighted by atomic mass is 11.1. The van der Waals surface area contributed by atoms with Gasteiger partial charge in [-0.1, -0.05) is 0 Å². The predicted molar refractivity (Wildman–Crippen MR) is 50.1 cm³/mol. The van der Waals surface area contributed by atoms with Crippen molar-refractivity contribution in [2.45, 2.75) is 25.3 Å². The van der Waals surface area contributed by atoms with E-state index in [9.17, 15) is 4.79 Å². The molecule has 6 nitrogen and oxygen atoms in total. The number of nitrogens with zero attached hydrogens (tertiary/aromatic N) is 1. The SMILES string of the molecule is [15NH2][13C]([15NH2])=[15N][13CH2][13CH2][13CH2][13CH2][13C@H]([15NH2])[13C](=O)O. The fourth-order valence-corrected chi connectivity index (χ4v) is 0.808. The number of hydrogen-bond donors (Lipinski definition) is 4. The summed E-state index contributed by atoms with van der Waals surface area (Å²) in [6.45, 7) is 0.522. The summed E-state index contributed by atoms with van der Waals surface area (Å²) in [4.78, 5) is 14.0. The predicted octanol–water partition coefficient (Wildman–Crippen LogP) is -1.16. The van der Waals surface area contributed by atoms with Gasteiger partial charge in [-0.05, 0) is 19.3 Å². The smallest absolute Gasteiger partial charge is 0.320 e. The minimum atomic E-state index is -0.971. The van der Waals surface area contributed by atoms with Gasteiger partial charge in [0.25, 0.3) is 0 Å². The van der Waals surface area contributed by atoms with Gasteiger partial charge >= 0.3 is 5.97 Å². The first-order valence-corrected chi connectivity index (χ1v) is 4.08. The Kier molecular flexibility index (Phi) is 5.62. The van der Waals surface area contributed by atoms with Crippen LogP contribution >= 0.6 is 0 Å². The molecule has 0 spiro atoms. The zero-order valence-corrected chi connectivity index (χ0v) is 7.44. The van der Waals surface area contributed by atoms with Crippen LogP contribution in [0.2, 0.25) is 0 Å². The molecule has 0 saturated heterocycles. The molecular weight excluding hydrogens is 183 g/mol. The highest BCUT2D eigenvalue weighted by molar-refractivity contribution is 5.75. The van der Waals surface area contributed by atoms with Gasteiger partial charge in [0.05, 0.1) is 0 Å². The van der Waals surface area contributed by atoms with Crippen LogP contribution in [0.1, 0.15) is 19.3 Å². The van der Waals surface area contributed by atoms with Gasteiger partial charge in [-0.25, -0.2) is 0 Å². The third kappa shape index (κ3) is 7.07. The first-order valence-electron chi connectivity index (χ1n) is 4.08. The number of carboxylic acids is 1. The molecular formula is C7H16N4O2. The number of carbonyl (C=O) groups is 1. The van der Waals surface area contributed by atoms with Crippen molar-refractivity contribution in [1.29, 1.82) is 0 Å². The Morgan fingerprint density at radius 2 is 2.00 bits per heavy atom. The normalized spacial score (nSPS) is 12.1. The minimum Gasteiger partial charge on any atom is -0.480 e. The summed E-state index contributed by atoms with van der Waals surface area (Å²) in [5.74, 6) is -0.913. The topological polar surface area (TPSA) is 128 Å². The molecule has 0 heterocycles. The van der Waals surface area contributed by atoms with Crippen LogP contribution in [0.4, 0.5) is 0 Å². The molecule has 0 aliphatic rings. The molecule has 0 saturated carbocycles. The highest BCUT2D eigenvalue weighted by Crippen LogP contribution is 1.99. The average molecular weight is 199 g/mol. The van der Waals surface area contributed by atoms with Crippen molar-refractivity contribution in [3.63, 3.8) is 0 Å². The van der Waals surface area contributed by atoms with Gasteiger partial charge in [-0.2, -0.15) is 0 Å². The van der Waals surface area contributed by atoms with E-state index < -0.39 is 12.0 Å². The standard InChI is InChI=1S/C7H16N4O2/c8-5(6(12)13)3-1-2-4-11-7(9)10/h5H,1-4,8H2,(H,12,13)(H4,9,10,11)/t5-/m0/s1/i1+1,2+1,3+1,4+1,5+1,6+1,7+1,8+1,9+1,10+1,11+1. The summed E-state index contributed by atoms with van der Waals surface area (Å²) in [6.07, 6.45) is 1.92. The second kappa shape index (κ2) is 6.24. The highest BCUT2D eigenvalue weighted by Gasteiger charge is 2.09. The van der Waals surface area contributed by atoms with Crippen LogP contribution in [0.5, 0.6) is 0 Å². The maximum Gasteiger partial charge on any atom is 0.320 e. The second-order valence-corrected chi connectivity index (χ2v) is 2.75. The molecule has 0 radical (unpaired) electrons. The van der Waals surface area contributed by atoms with Crippen molar-refractivity contribution in [3.05, 3.63) is 0 Å². The molecule has 0 aliphatic carbocycles. The molecule has 6 heteroatoms. The van der Waals surface area contributed by atoms with E-state index in [0.717, 1.165) is 6.42 Å². The van der Waals surface area contributed by atoms with E-state index in [1.165, 1.54) is 0 Å². The van der Waals surface area contributed by atoms with E-state index in [1.807, 2.05) is 0 Å². The first-order chi connectivity index (χ1) is 6.04. The van der Waals surface area contributed by atoms with Crippen molar-refractivity contribution in [2.75, 3.05) is 6.54 Å². The zero-order valence-electron chi connectivity index (χ0n) is 7.44. The number of hydrogen-bond acceptors (Lipinski definition) is 3. The molecule has 0 aliphatic heterocycles. The lowest BCUT2D eigenvalue weighted by Crippen LogP contribution is -2.29. The number of unbranched alkanes of at least 4 members (excludes halogenated alkanes) is 1. The summed E-state index contributed by atoms with van der Waals surface area (Å²) < 4.78 is 0. The van der Waals surface area contributed by atoms with Gasteiger partial charge in [-0.15, -0.1) is 0 Å². The Labute approximate surface area is 76.8 Å². The fraction of sp³-hybridized carbons (Fsp3) is 0.714. The van der Waals surface area contributed by atoms with Crippen LogP contribution in [0, 0.1) is 0 Å². The van der Waals surface area contributed by atoms with E-state index in [1.54, 1.807) is 0 Å². The van der Waals surface area contributed by atoms with E-state index in [0.29, 0.717) is 19.4 Å². The lowest BCUT2D eigenvalue weighted by molar-refractivity contribution is -0.138. The Bertz CT molecular complexity index is 189. The maximum atomic E-state index is 10.3.